The van der Waals surface area contributed by atoms with Crippen LogP contribution in [0.3, 0.4) is 0 Å². The summed E-state index contributed by atoms with van der Waals surface area (Å²) in [6.45, 7) is 2.41. The van der Waals surface area contributed by atoms with Crippen LogP contribution in [0.25, 0.3) is 0 Å². The lowest BCUT2D eigenvalue weighted by Crippen LogP contribution is -2.39. The van der Waals surface area contributed by atoms with Gasteiger partial charge in [-0.05, 0) is 18.2 Å². The molecule has 0 aliphatic carbocycles. The van der Waals surface area contributed by atoms with Gasteiger partial charge in [0.05, 0.1) is 12.7 Å². The lowest BCUT2D eigenvalue weighted by Gasteiger charge is -2.23. The summed E-state index contributed by atoms with van der Waals surface area (Å²) in [5, 5.41) is 3.22. The SMILES string of the molecule is Fc1ccc(SCC2CNCCO2)cc1F. The van der Waals surface area contributed by atoms with Gasteiger partial charge < -0.3 is 10.1 Å². The Morgan fingerprint density at radius 3 is 2.94 bits per heavy atom. The average Bonchev–Trinajstić information content (AvgIpc) is 2.32. The highest BCUT2D eigenvalue weighted by Gasteiger charge is 2.13. The molecule has 2 nitrogen and oxygen atoms in total. The van der Waals surface area contributed by atoms with Crippen molar-refractivity contribution in [1.82, 2.24) is 5.32 Å². The molecule has 0 saturated carbocycles. The summed E-state index contributed by atoms with van der Waals surface area (Å²) in [6, 6.07) is 3.95. The van der Waals surface area contributed by atoms with Crippen LogP contribution in [-0.2, 0) is 4.74 Å². The minimum Gasteiger partial charge on any atom is -0.375 e. The maximum atomic E-state index is 12.9. The van der Waals surface area contributed by atoms with Gasteiger partial charge >= 0.3 is 0 Å². The zero-order valence-electron chi connectivity index (χ0n) is 8.71. The minimum atomic E-state index is -0.806. The molecule has 0 radical (unpaired) electrons. The first-order valence-electron chi connectivity index (χ1n) is 5.16. The Kier molecular flexibility index (Phi) is 4.15. The third kappa shape index (κ3) is 3.17. The number of hydrogen-bond acceptors (Lipinski definition) is 3. The van der Waals surface area contributed by atoms with E-state index in [0.29, 0.717) is 6.61 Å². The first-order chi connectivity index (χ1) is 7.75. The van der Waals surface area contributed by atoms with Crippen molar-refractivity contribution in [3.8, 4) is 0 Å². The first-order valence-corrected chi connectivity index (χ1v) is 6.14. The molecule has 1 aromatic carbocycles. The molecule has 0 bridgehead atoms. The number of rotatable bonds is 3. The summed E-state index contributed by atoms with van der Waals surface area (Å²) < 4.78 is 31.1. The molecule has 88 valence electrons. The molecule has 2 rings (SSSR count). The van der Waals surface area contributed by atoms with E-state index in [-0.39, 0.29) is 6.10 Å². The van der Waals surface area contributed by atoms with Gasteiger partial charge in [-0.15, -0.1) is 11.8 Å². The molecule has 0 aromatic heterocycles. The van der Waals surface area contributed by atoms with Gasteiger partial charge in [-0.2, -0.15) is 0 Å². The second-order valence-electron chi connectivity index (χ2n) is 3.58. The van der Waals surface area contributed by atoms with Crippen LogP contribution in [0.2, 0.25) is 0 Å². The second kappa shape index (κ2) is 5.61. The highest BCUT2D eigenvalue weighted by Crippen LogP contribution is 2.22. The van der Waals surface area contributed by atoms with Gasteiger partial charge in [-0.3, -0.25) is 0 Å². The summed E-state index contributed by atoms with van der Waals surface area (Å²) >= 11 is 1.48. The Hall–Kier alpha value is -0.650. The molecule has 1 atom stereocenters. The zero-order chi connectivity index (χ0) is 11.4. The predicted octanol–water partition coefficient (Wildman–Crippen LogP) is 2.05. The Morgan fingerprint density at radius 2 is 2.25 bits per heavy atom. The van der Waals surface area contributed by atoms with Gasteiger partial charge in [-0.25, -0.2) is 8.78 Å². The number of halogens is 2. The van der Waals surface area contributed by atoms with Crippen molar-refractivity contribution in [1.29, 1.82) is 0 Å². The van der Waals surface area contributed by atoms with Crippen LogP contribution in [0.15, 0.2) is 23.1 Å². The van der Waals surface area contributed by atoms with Gasteiger partial charge in [0.15, 0.2) is 11.6 Å². The largest absolute Gasteiger partial charge is 0.375 e. The number of hydrogen-bond donors (Lipinski definition) is 1. The van der Waals surface area contributed by atoms with Crippen LogP contribution in [0.1, 0.15) is 0 Å². The van der Waals surface area contributed by atoms with Crippen LogP contribution in [0.4, 0.5) is 8.78 Å². The smallest absolute Gasteiger partial charge is 0.159 e. The number of nitrogens with one attached hydrogen (secondary N) is 1. The minimum absolute atomic E-state index is 0.145. The molecule has 1 heterocycles. The fourth-order valence-electron chi connectivity index (χ4n) is 1.48. The Balaban J connectivity index is 1.86. The van der Waals surface area contributed by atoms with Gasteiger partial charge in [0.25, 0.3) is 0 Å². The van der Waals surface area contributed by atoms with Crippen LogP contribution in [-0.4, -0.2) is 31.6 Å². The standard InChI is InChI=1S/C11H13F2NOS/c12-10-2-1-9(5-11(10)13)16-7-8-6-14-3-4-15-8/h1-2,5,8,14H,3-4,6-7H2. The highest BCUT2D eigenvalue weighted by atomic mass is 32.2. The van der Waals surface area contributed by atoms with Crippen LogP contribution in [0.5, 0.6) is 0 Å². The summed E-state index contributed by atoms with van der Waals surface area (Å²) in [4.78, 5) is 0.730. The van der Waals surface area contributed by atoms with Gasteiger partial charge in [0.2, 0.25) is 0 Å². The van der Waals surface area contributed by atoms with Crippen molar-refractivity contribution in [3.05, 3.63) is 29.8 Å². The fraction of sp³-hybridized carbons (Fsp3) is 0.455. The number of ether oxygens (including phenoxy) is 1. The number of thioether (sulfide) groups is 1. The lowest BCUT2D eigenvalue weighted by atomic mass is 10.3. The van der Waals surface area contributed by atoms with E-state index in [1.807, 2.05) is 0 Å². The third-order valence-corrected chi connectivity index (χ3v) is 3.46. The van der Waals surface area contributed by atoms with Crippen molar-refractivity contribution in [2.75, 3.05) is 25.4 Å². The Bertz CT molecular complexity index is 356. The highest BCUT2D eigenvalue weighted by molar-refractivity contribution is 7.99. The molecule has 1 saturated heterocycles. The lowest BCUT2D eigenvalue weighted by molar-refractivity contribution is 0.0441. The predicted molar refractivity (Wildman–Crippen MR) is 59.7 cm³/mol. The molecule has 16 heavy (non-hydrogen) atoms. The van der Waals surface area contributed by atoms with Crippen molar-refractivity contribution < 1.29 is 13.5 Å². The quantitative estimate of drug-likeness (QED) is 0.823. The topological polar surface area (TPSA) is 21.3 Å². The van der Waals surface area contributed by atoms with Crippen molar-refractivity contribution in [3.63, 3.8) is 0 Å². The molecule has 1 fully saturated rings. The molecule has 0 amide bonds. The van der Waals surface area contributed by atoms with E-state index in [2.05, 4.69) is 5.32 Å². The third-order valence-electron chi connectivity index (χ3n) is 2.33. The normalized spacial score (nSPS) is 21.0. The molecule has 0 spiro atoms. The van der Waals surface area contributed by atoms with Crippen LogP contribution in [0, 0.1) is 11.6 Å². The van der Waals surface area contributed by atoms with E-state index < -0.39 is 11.6 Å². The Morgan fingerprint density at radius 1 is 1.38 bits per heavy atom. The van der Waals surface area contributed by atoms with Crippen LogP contribution < -0.4 is 5.32 Å². The molecule has 1 unspecified atom stereocenters. The zero-order valence-corrected chi connectivity index (χ0v) is 9.53. The summed E-state index contributed by atoms with van der Waals surface area (Å²) in [5.41, 5.74) is 0. The summed E-state index contributed by atoms with van der Waals surface area (Å²) in [6.07, 6.45) is 0.145. The van der Waals surface area contributed by atoms with Gasteiger partial charge in [-0.1, -0.05) is 0 Å². The Labute approximate surface area is 97.4 Å². The number of morpholine rings is 1. The van der Waals surface area contributed by atoms with Gasteiger partial charge in [0, 0.05) is 23.7 Å². The van der Waals surface area contributed by atoms with Crippen molar-refractivity contribution in [2.24, 2.45) is 0 Å². The van der Waals surface area contributed by atoms with E-state index in [4.69, 9.17) is 4.74 Å². The van der Waals surface area contributed by atoms with Gasteiger partial charge in [0.1, 0.15) is 0 Å². The monoisotopic (exact) mass is 245 g/mol. The molecule has 1 N–H and O–H groups in total. The maximum absolute atomic E-state index is 12.9. The maximum Gasteiger partial charge on any atom is 0.159 e. The fourth-order valence-corrected chi connectivity index (χ4v) is 2.43. The summed E-state index contributed by atoms with van der Waals surface area (Å²) in [5.74, 6) is -0.856. The van der Waals surface area contributed by atoms with E-state index in [0.717, 1.165) is 29.8 Å². The molecule has 1 aliphatic rings. The molecule has 5 heteroatoms. The number of benzene rings is 1. The second-order valence-corrected chi connectivity index (χ2v) is 4.68. The molecular weight excluding hydrogens is 232 g/mol. The molecule has 1 aromatic rings. The van der Waals surface area contributed by atoms with Crippen LogP contribution >= 0.6 is 11.8 Å². The summed E-state index contributed by atoms with van der Waals surface area (Å²) in [7, 11) is 0. The van der Waals surface area contributed by atoms with Crippen molar-refractivity contribution in [2.45, 2.75) is 11.0 Å². The average molecular weight is 245 g/mol. The van der Waals surface area contributed by atoms with E-state index in [1.165, 1.54) is 17.8 Å². The molecule has 1 aliphatic heterocycles. The van der Waals surface area contributed by atoms with E-state index >= 15 is 0 Å². The van der Waals surface area contributed by atoms with Crippen molar-refractivity contribution >= 4 is 11.8 Å². The first kappa shape index (κ1) is 11.8. The van der Waals surface area contributed by atoms with E-state index in [1.54, 1.807) is 6.07 Å². The van der Waals surface area contributed by atoms with E-state index in [9.17, 15) is 8.78 Å². The molecular formula is C11H13F2NOS.